The lowest BCUT2D eigenvalue weighted by molar-refractivity contribution is 0.0944. The van der Waals surface area contributed by atoms with Crippen molar-refractivity contribution in [2.75, 3.05) is 11.6 Å². The van der Waals surface area contributed by atoms with E-state index in [2.05, 4.69) is 15.4 Å². The number of hydrogen-bond acceptors (Lipinski definition) is 4. The molecule has 0 saturated carbocycles. The predicted octanol–water partition coefficient (Wildman–Crippen LogP) is 1.96. The third kappa shape index (κ3) is 3.28. The summed E-state index contributed by atoms with van der Waals surface area (Å²) in [6.45, 7) is 4.66. The number of nitrogens with one attached hydrogen (secondary N) is 1. The molecule has 0 spiro atoms. The molecule has 1 aromatic heterocycles. The zero-order valence-electron chi connectivity index (χ0n) is 11.0. The first-order valence-corrected chi connectivity index (χ1v) is 6.12. The van der Waals surface area contributed by atoms with Gasteiger partial charge in [0.25, 0.3) is 5.91 Å². The van der Waals surface area contributed by atoms with Crippen LogP contribution in [0.3, 0.4) is 0 Å². The van der Waals surface area contributed by atoms with Crippen molar-refractivity contribution in [1.29, 1.82) is 0 Å². The quantitative estimate of drug-likeness (QED) is 0.849. The molecule has 19 heavy (non-hydrogen) atoms. The number of aryl methyl sites for hydroxylation is 1. The Morgan fingerprint density at radius 2 is 2.00 bits per heavy atom. The summed E-state index contributed by atoms with van der Waals surface area (Å²) in [5.74, 6) is -0.268. The molecule has 0 atom stereocenters. The van der Waals surface area contributed by atoms with Crippen LogP contribution >= 0.6 is 0 Å². The lowest BCUT2D eigenvalue weighted by Gasteiger charge is -2.23. The Balaban J connectivity index is 2.11. The second-order valence-corrected chi connectivity index (χ2v) is 4.11. The molecule has 0 aliphatic carbocycles. The minimum atomic E-state index is -0.268. The Labute approximate surface area is 112 Å². The maximum atomic E-state index is 12.0. The number of amides is 1. The highest BCUT2D eigenvalue weighted by molar-refractivity contribution is 5.92. The van der Waals surface area contributed by atoms with Crippen molar-refractivity contribution in [2.45, 2.75) is 13.8 Å². The number of carbonyl (C=O) groups excluding carboxylic acids is 1. The molecular formula is C14H16N4O. The van der Waals surface area contributed by atoms with Gasteiger partial charge in [-0.25, -0.2) is 4.98 Å². The summed E-state index contributed by atoms with van der Waals surface area (Å²) in [5, 5.41) is 1.77. The molecule has 0 aliphatic rings. The Bertz CT molecular complexity index is 539. The van der Waals surface area contributed by atoms with Crippen LogP contribution in [0.1, 0.15) is 23.0 Å². The number of hydrazine groups is 1. The molecule has 5 nitrogen and oxygen atoms in total. The molecule has 0 bridgehead atoms. The van der Waals surface area contributed by atoms with E-state index in [0.717, 1.165) is 5.69 Å². The molecule has 1 heterocycles. The zero-order valence-corrected chi connectivity index (χ0v) is 11.0. The van der Waals surface area contributed by atoms with Crippen molar-refractivity contribution in [3.05, 3.63) is 54.1 Å². The van der Waals surface area contributed by atoms with Gasteiger partial charge in [0.05, 0.1) is 11.9 Å². The van der Waals surface area contributed by atoms with Crippen LogP contribution in [-0.4, -0.2) is 22.4 Å². The molecule has 1 amide bonds. The van der Waals surface area contributed by atoms with Crippen LogP contribution in [0, 0.1) is 6.92 Å². The van der Waals surface area contributed by atoms with Gasteiger partial charge in [-0.3, -0.25) is 20.2 Å². The van der Waals surface area contributed by atoms with Crippen molar-refractivity contribution in [3.63, 3.8) is 0 Å². The first kappa shape index (κ1) is 13.0. The number of aromatic nitrogens is 2. The molecule has 0 aliphatic heterocycles. The summed E-state index contributed by atoms with van der Waals surface area (Å²) >= 11 is 0. The van der Waals surface area contributed by atoms with Crippen LogP contribution in [0.5, 0.6) is 0 Å². The monoisotopic (exact) mass is 256 g/mol. The Kier molecular flexibility index (Phi) is 4.07. The van der Waals surface area contributed by atoms with Crippen LogP contribution in [0.4, 0.5) is 5.69 Å². The van der Waals surface area contributed by atoms with E-state index in [4.69, 9.17) is 0 Å². The molecule has 98 valence electrons. The third-order valence-electron chi connectivity index (χ3n) is 2.69. The minimum Gasteiger partial charge on any atom is -0.286 e. The summed E-state index contributed by atoms with van der Waals surface area (Å²) in [5.41, 5.74) is 5.23. The van der Waals surface area contributed by atoms with Gasteiger partial charge in [-0.2, -0.15) is 0 Å². The summed E-state index contributed by atoms with van der Waals surface area (Å²) in [7, 11) is 0. The fraction of sp³-hybridized carbons (Fsp3) is 0.214. The largest absolute Gasteiger partial charge is 0.289 e. The van der Waals surface area contributed by atoms with E-state index in [0.29, 0.717) is 12.2 Å². The maximum absolute atomic E-state index is 12.0. The predicted molar refractivity (Wildman–Crippen MR) is 73.7 cm³/mol. The molecule has 0 radical (unpaired) electrons. The fourth-order valence-corrected chi connectivity index (χ4v) is 1.65. The van der Waals surface area contributed by atoms with Crippen LogP contribution in [-0.2, 0) is 0 Å². The second kappa shape index (κ2) is 5.95. The van der Waals surface area contributed by atoms with Crippen LogP contribution in [0.25, 0.3) is 0 Å². The van der Waals surface area contributed by atoms with Gasteiger partial charge in [0.2, 0.25) is 0 Å². The summed E-state index contributed by atoms with van der Waals surface area (Å²) in [4.78, 5) is 19.9. The number of anilines is 1. The normalized spacial score (nSPS) is 10.0. The Morgan fingerprint density at radius 1 is 1.26 bits per heavy atom. The van der Waals surface area contributed by atoms with E-state index in [1.165, 1.54) is 24.2 Å². The molecule has 1 aromatic carbocycles. The molecule has 0 unspecified atom stereocenters. The van der Waals surface area contributed by atoms with Gasteiger partial charge < -0.3 is 0 Å². The van der Waals surface area contributed by atoms with E-state index in [1.807, 2.05) is 38.1 Å². The van der Waals surface area contributed by atoms with Crippen molar-refractivity contribution in [3.8, 4) is 0 Å². The number of hydrogen-bond donors (Lipinski definition) is 1. The molecule has 5 heteroatoms. The topological polar surface area (TPSA) is 58.1 Å². The smallest absolute Gasteiger partial charge is 0.286 e. The van der Waals surface area contributed by atoms with Crippen molar-refractivity contribution >= 4 is 11.6 Å². The zero-order chi connectivity index (χ0) is 13.7. The minimum absolute atomic E-state index is 0.268. The van der Waals surface area contributed by atoms with Gasteiger partial charge in [-0.1, -0.05) is 17.7 Å². The van der Waals surface area contributed by atoms with Crippen LogP contribution in [0.15, 0.2) is 42.9 Å². The van der Waals surface area contributed by atoms with Gasteiger partial charge >= 0.3 is 0 Å². The van der Waals surface area contributed by atoms with Crippen LogP contribution in [0.2, 0.25) is 0 Å². The average Bonchev–Trinajstić information content (AvgIpc) is 2.46. The molecule has 0 fully saturated rings. The third-order valence-corrected chi connectivity index (χ3v) is 2.69. The van der Waals surface area contributed by atoms with E-state index in [1.54, 1.807) is 5.01 Å². The van der Waals surface area contributed by atoms with Gasteiger partial charge in [-0.15, -0.1) is 0 Å². The SMILES string of the molecule is CCN(NC(=O)c1cnccn1)c1ccc(C)cc1. The summed E-state index contributed by atoms with van der Waals surface area (Å²) in [6.07, 6.45) is 4.48. The van der Waals surface area contributed by atoms with Crippen molar-refractivity contribution < 1.29 is 4.79 Å². The average molecular weight is 256 g/mol. The summed E-state index contributed by atoms with van der Waals surface area (Å²) in [6, 6.07) is 7.95. The standard InChI is InChI=1S/C14H16N4O/c1-3-18(12-6-4-11(2)5-7-12)17-14(19)13-10-15-8-9-16-13/h4-10H,3H2,1-2H3,(H,17,19). The number of carbonyl (C=O) groups is 1. The Hall–Kier alpha value is -2.43. The first-order valence-electron chi connectivity index (χ1n) is 6.12. The number of rotatable bonds is 4. The summed E-state index contributed by atoms with van der Waals surface area (Å²) < 4.78 is 0. The van der Waals surface area contributed by atoms with Gasteiger partial charge in [0, 0.05) is 18.9 Å². The lowest BCUT2D eigenvalue weighted by Crippen LogP contribution is -2.42. The second-order valence-electron chi connectivity index (χ2n) is 4.11. The maximum Gasteiger partial charge on any atom is 0.289 e. The molecule has 2 rings (SSSR count). The Morgan fingerprint density at radius 3 is 2.58 bits per heavy atom. The molecular weight excluding hydrogens is 240 g/mol. The number of nitrogens with zero attached hydrogens (tertiary/aromatic N) is 3. The van der Waals surface area contributed by atoms with E-state index in [-0.39, 0.29) is 5.91 Å². The highest BCUT2D eigenvalue weighted by Gasteiger charge is 2.11. The van der Waals surface area contributed by atoms with Crippen molar-refractivity contribution in [2.24, 2.45) is 0 Å². The highest BCUT2D eigenvalue weighted by atomic mass is 16.2. The van der Waals surface area contributed by atoms with E-state index < -0.39 is 0 Å². The van der Waals surface area contributed by atoms with E-state index >= 15 is 0 Å². The van der Waals surface area contributed by atoms with E-state index in [9.17, 15) is 4.79 Å². The van der Waals surface area contributed by atoms with Crippen LogP contribution < -0.4 is 10.4 Å². The first-order chi connectivity index (χ1) is 9.20. The highest BCUT2D eigenvalue weighted by Crippen LogP contribution is 2.13. The van der Waals surface area contributed by atoms with Gasteiger partial charge in [0.15, 0.2) is 0 Å². The lowest BCUT2D eigenvalue weighted by atomic mass is 10.2. The van der Waals surface area contributed by atoms with Crippen molar-refractivity contribution in [1.82, 2.24) is 15.4 Å². The van der Waals surface area contributed by atoms with Gasteiger partial charge in [0.1, 0.15) is 5.69 Å². The number of benzene rings is 1. The molecule has 2 aromatic rings. The fourth-order valence-electron chi connectivity index (χ4n) is 1.65. The molecule has 1 N–H and O–H groups in total. The molecule has 0 saturated heterocycles. The van der Waals surface area contributed by atoms with Gasteiger partial charge in [-0.05, 0) is 26.0 Å².